The molecule has 2 aromatic carbocycles. The molecule has 0 spiro atoms. The third-order valence-electron chi connectivity index (χ3n) is 3.73. The van der Waals surface area contributed by atoms with E-state index in [1.54, 1.807) is 12.1 Å². The Hall–Kier alpha value is -2.42. The lowest BCUT2D eigenvalue weighted by atomic mass is 9.96. The summed E-state index contributed by atoms with van der Waals surface area (Å²) in [5.74, 6) is -0.631. The van der Waals surface area contributed by atoms with Gasteiger partial charge >= 0.3 is 0 Å². The van der Waals surface area contributed by atoms with Crippen LogP contribution in [0.3, 0.4) is 0 Å². The fraction of sp³-hybridized carbons (Fsp3) is 0.300. The Kier molecular flexibility index (Phi) is 5.69. The van der Waals surface area contributed by atoms with Crippen molar-refractivity contribution in [3.05, 3.63) is 71.3 Å². The summed E-state index contributed by atoms with van der Waals surface area (Å²) in [7, 11) is 0. The maximum Gasteiger partial charge on any atom is 0.292 e. The van der Waals surface area contributed by atoms with Crippen molar-refractivity contribution in [2.45, 2.75) is 33.2 Å². The van der Waals surface area contributed by atoms with E-state index in [4.69, 9.17) is 0 Å². The van der Waals surface area contributed by atoms with Crippen LogP contribution in [0.25, 0.3) is 0 Å². The summed E-state index contributed by atoms with van der Waals surface area (Å²) in [4.78, 5) is 24.6. The lowest BCUT2D eigenvalue weighted by Crippen LogP contribution is -2.35. The van der Waals surface area contributed by atoms with Crippen LogP contribution in [0.15, 0.2) is 54.6 Å². The molecule has 1 atom stereocenters. The molecule has 2 rings (SSSR count). The van der Waals surface area contributed by atoms with E-state index in [1.807, 2.05) is 49.4 Å². The van der Waals surface area contributed by atoms with Crippen molar-refractivity contribution in [2.24, 2.45) is 5.92 Å². The molecule has 120 valence electrons. The van der Waals surface area contributed by atoms with E-state index in [1.165, 1.54) is 0 Å². The first kappa shape index (κ1) is 16.9. The summed E-state index contributed by atoms with van der Waals surface area (Å²) in [5, 5.41) is 2.89. The van der Waals surface area contributed by atoms with Crippen LogP contribution in [0.1, 0.15) is 47.8 Å². The van der Waals surface area contributed by atoms with Crippen molar-refractivity contribution in [1.82, 2.24) is 5.32 Å². The number of hydrogen-bond donors (Lipinski definition) is 1. The van der Waals surface area contributed by atoms with Crippen molar-refractivity contribution >= 4 is 11.7 Å². The summed E-state index contributed by atoms with van der Waals surface area (Å²) in [6.45, 7) is 6.15. The van der Waals surface area contributed by atoms with Gasteiger partial charge in [-0.2, -0.15) is 0 Å². The smallest absolute Gasteiger partial charge is 0.292 e. The molecule has 1 unspecified atom stereocenters. The minimum Gasteiger partial charge on any atom is -0.342 e. The monoisotopic (exact) mass is 309 g/mol. The zero-order valence-corrected chi connectivity index (χ0v) is 13.9. The first-order valence-electron chi connectivity index (χ1n) is 7.94. The van der Waals surface area contributed by atoms with Crippen molar-refractivity contribution in [2.75, 3.05) is 0 Å². The fourth-order valence-electron chi connectivity index (χ4n) is 2.49. The second-order valence-electron chi connectivity index (χ2n) is 6.26. The van der Waals surface area contributed by atoms with Gasteiger partial charge in [-0.25, -0.2) is 0 Å². The van der Waals surface area contributed by atoms with E-state index < -0.39 is 11.7 Å². The predicted molar refractivity (Wildman–Crippen MR) is 92.3 cm³/mol. The maximum atomic E-state index is 12.3. The van der Waals surface area contributed by atoms with Crippen LogP contribution >= 0.6 is 0 Å². The average Bonchev–Trinajstić information content (AvgIpc) is 2.54. The average molecular weight is 309 g/mol. The van der Waals surface area contributed by atoms with Crippen LogP contribution < -0.4 is 5.32 Å². The number of carbonyl (C=O) groups excluding carboxylic acids is 2. The highest BCUT2D eigenvalue weighted by Gasteiger charge is 2.21. The van der Waals surface area contributed by atoms with Crippen LogP contribution in [0.4, 0.5) is 0 Å². The van der Waals surface area contributed by atoms with E-state index in [9.17, 15) is 9.59 Å². The zero-order valence-electron chi connectivity index (χ0n) is 13.9. The molecule has 0 saturated carbocycles. The number of ketones is 1. The number of rotatable bonds is 6. The number of Topliss-reactive ketones (excluding diaryl/α,β-unsaturated/α-hetero) is 1. The van der Waals surface area contributed by atoms with Gasteiger partial charge < -0.3 is 5.32 Å². The summed E-state index contributed by atoms with van der Waals surface area (Å²) < 4.78 is 0. The van der Waals surface area contributed by atoms with Gasteiger partial charge in [0.25, 0.3) is 5.91 Å². The molecule has 0 heterocycles. The fourth-order valence-corrected chi connectivity index (χ4v) is 2.49. The first-order valence-corrected chi connectivity index (χ1v) is 7.94. The Morgan fingerprint density at radius 1 is 0.957 bits per heavy atom. The molecule has 1 amide bonds. The summed E-state index contributed by atoms with van der Waals surface area (Å²) in [6, 6.07) is 16.7. The third kappa shape index (κ3) is 4.78. The number of amides is 1. The normalized spacial score (nSPS) is 12.0. The molecule has 0 aliphatic rings. The van der Waals surface area contributed by atoms with Gasteiger partial charge in [-0.1, -0.05) is 74.0 Å². The van der Waals surface area contributed by atoms with E-state index in [2.05, 4.69) is 19.2 Å². The summed E-state index contributed by atoms with van der Waals surface area (Å²) in [5.41, 5.74) is 2.50. The molecule has 0 bridgehead atoms. The summed E-state index contributed by atoms with van der Waals surface area (Å²) >= 11 is 0. The van der Waals surface area contributed by atoms with Crippen molar-refractivity contribution < 1.29 is 9.59 Å². The predicted octanol–water partition coefficient (Wildman–Crippen LogP) is 4.08. The Morgan fingerprint density at radius 3 is 2.13 bits per heavy atom. The second kappa shape index (κ2) is 7.73. The molecule has 0 aromatic heterocycles. The van der Waals surface area contributed by atoms with Gasteiger partial charge in [0.15, 0.2) is 0 Å². The molecule has 0 fully saturated rings. The van der Waals surface area contributed by atoms with Gasteiger partial charge in [0, 0.05) is 5.56 Å². The number of nitrogens with one attached hydrogen (secondary N) is 1. The Morgan fingerprint density at radius 2 is 1.57 bits per heavy atom. The highest BCUT2D eigenvalue weighted by atomic mass is 16.2. The lowest BCUT2D eigenvalue weighted by molar-refractivity contribution is -0.117. The third-order valence-corrected chi connectivity index (χ3v) is 3.73. The Balaban J connectivity index is 2.14. The highest BCUT2D eigenvalue weighted by Crippen LogP contribution is 2.21. The highest BCUT2D eigenvalue weighted by molar-refractivity contribution is 6.42. The van der Waals surface area contributed by atoms with E-state index >= 15 is 0 Å². The molecule has 0 aliphatic carbocycles. The quantitative estimate of drug-likeness (QED) is 0.645. The van der Waals surface area contributed by atoms with Gasteiger partial charge in [-0.05, 0) is 24.8 Å². The van der Waals surface area contributed by atoms with Crippen LogP contribution in [0.5, 0.6) is 0 Å². The topological polar surface area (TPSA) is 46.2 Å². The Labute approximate surface area is 137 Å². The number of benzene rings is 2. The molecular formula is C20H23NO2. The van der Waals surface area contributed by atoms with Crippen LogP contribution in [-0.4, -0.2) is 11.7 Å². The maximum absolute atomic E-state index is 12.3. The van der Waals surface area contributed by atoms with E-state index in [-0.39, 0.29) is 6.04 Å². The SMILES string of the molecule is Cc1ccc(C(=O)C(=O)NC(CC(C)C)c2ccccc2)cc1. The summed E-state index contributed by atoms with van der Waals surface area (Å²) in [6.07, 6.45) is 0.789. The molecule has 3 heteroatoms. The van der Waals surface area contributed by atoms with Gasteiger partial charge in [0.05, 0.1) is 6.04 Å². The molecular weight excluding hydrogens is 286 g/mol. The Bertz CT molecular complexity index is 660. The molecule has 3 nitrogen and oxygen atoms in total. The zero-order chi connectivity index (χ0) is 16.8. The van der Waals surface area contributed by atoms with Crippen molar-refractivity contribution in [3.8, 4) is 0 Å². The second-order valence-corrected chi connectivity index (χ2v) is 6.26. The lowest BCUT2D eigenvalue weighted by Gasteiger charge is -2.20. The van der Waals surface area contributed by atoms with Crippen molar-refractivity contribution in [1.29, 1.82) is 0 Å². The van der Waals surface area contributed by atoms with Gasteiger partial charge in [-0.15, -0.1) is 0 Å². The molecule has 0 radical (unpaired) electrons. The van der Waals surface area contributed by atoms with Gasteiger partial charge in [0.1, 0.15) is 0 Å². The molecule has 1 N–H and O–H groups in total. The van der Waals surface area contributed by atoms with Crippen LogP contribution in [0.2, 0.25) is 0 Å². The number of carbonyl (C=O) groups is 2. The molecule has 0 aliphatic heterocycles. The van der Waals surface area contributed by atoms with Crippen LogP contribution in [-0.2, 0) is 4.79 Å². The van der Waals surface area contributed by atoms with E-state index in [0.717, 1.165) is 17.5 Å². The molecule has 2 aromatic rings. The standard InChI is InChI=1S/C20H23NO2/c1-14(2)13-18(16-7-5-4-6-8-16)21-20(23)19(22)17-11-9-15(3)10-12-17/h4-12,14,18H,13H2,1-3H3,(H,21,23). The first-order chi connectivity index (χ1) is 11.0. The molecule has 0 saturated heterocycles. The molecule has 23 heavy (non-hydrogen) atoms. The largest absolute Gasteiger partial charge is 0.342 e. The number of hydrogen-bond acceptors (Lipinski definition) is 2. The van der Waals surface area contributed by atoms with Crippen molar-refractivity contribution in [3.63, 3.8) is 0 Å². The van der Waals surface area contributed by atoms with Gasteiger partial charge in [-0.3, -0.25) is 9.59 Å². The minimum atomic E-state index is -0.552. The van der Waals surface area contributed by atoms with Gasteiger partial charge in [0.2, 0.25) is 5.78 Å². The minimum absolute atomic E-state index is 0.155. The van der Waals surface area contributed by atoms with Crippen LogP contribution in [0, 0.1) is 12.8 Å². The van der Waals surface area contributed by atoms with E-state index in [0.29, 0.717) is 11.5 Å². The number of aryl methyl sites for hydroxylation is 1.